The number of hydrogen-bond acceptors (Lipinski definition) is 5. The van der Waals surface area contributed by atoms with Crippen LogP contribution in [0.15, 0.2) is 6.33 Å². The van der Waals surface area contributed by atoms with Crippen LogP contribution in [0.2, 0.25) is 0 Å². The van der Waals surface area contributed by atoms with Crippen molar-refractivity contribution < 1.29 is 9.53 Å². The number of aromatic amines is 1. The molecular weight excluding hydrogens is 234 g/mol. The molecule has 100 valence electrons. The van der Waals surface area contributed by atoms with E-state index in [0.717, 1.165) is 18.7 Å². The molecule has 1 aromatic heterocycles. The molecule has 3 N–H and O–H groups in total. The molecule has 2 heterocycles. The monoisotopic (exact) mass is 253 g/mol. The lowest BCUT2D eigenvalue weighted by atomic mass is 10.0. The Kier molecular flexibility index (Phi) is 4.66. The Balaban J connectivity index is 1.65. The molecule has 0 aliphatic carbocycles. The molecule has 2 rings (SSSR count). The fraction of sp³-hybridized carbons (Fsp3) is 0.727. The van der Waals surface area contributed by atoms with Crippen molar-refractivity contribution in [3.05, 3.63) is 12.2 Å². The summed E-state index contributed by atoms with van der Waals surface area (Å²) in [6.45, 7) is 1.75. The smallest absolute Gasteiger partial charge is 0.227 e. The lowest BCUT2D eigenvalue weighted by Gasteiger charge is -2.16. The van der Waals surface area contributed by atoms with Crippen LogP contribution in [0.1, 0.15) is 12.2 Å². The molecule has 0 aromatic carbocycles. The molecule has 1 aliphatic heterocycles. The lowest BCUT2D eigenvalue weighted by Crippen LogP contribution is -2.42. The Labute approximate surface area is 106 Å². The number of hydrogen-bond donors (Lipinski definition) is 3. The molecule has 2 unspecified atom stereocenters. The van der Waals surface area contributed by atoms with Gasteiger partial charge in [0, 0.05) is 19.0 Å². The van der Waals surface area contributed by atoms with Gasteiger partial charge >= 0.3 is 0 Å². The van der Waals surface area contributed by atoms with Crippen LogP contribution in [-0.2, 0) is 16.0 Å². The molecule has 0 spiro atoms. The zero-order valence-corrected chi connectivity index (χ0v) is 10.5. The topological polar surface area (TPSA) is 91.9 Å². The van der Waals surface area contributed by atoms with E-state index in [0.29, 0.717) is 19.8 Å². The maximum absolute atomic E-state index is 11.9. The number of aromatic nitrogens is 3. The molecule has 1 fully saturated rings. The van der Waals surface area contributed by atoms with E-state index in [9.17, 15) is 4.79 Å². The van der Waals surface area contributed by atoms with Crippen LogP contribution in [-0.4, -0.2) is 53.9 Å². The maximum Gasteiger partial charge on any atom is 0.227 e. The Hall–Kier alpha value is -1.47. The van der Waals surface area contributed by atoms with Crippen LogP contribution in [0.4, 0.5) is 0 Å². The Morgan fingerprint density at radius 1 is 1.61 bits per heavy atom. The highest BCUT2D eigenvalue weighted by molar-refractivity contribution is 5.79. The number of H-pyrrole nitrogens is 1. The normalized spacial score (nSPS) is 23.2. The number of likely N-dealkylation sites (N-methyl/N-ethyl adjacent to an activating group) is 1. The van der Waals surface area contributed by atoms with Crippen molar-refractivity contribution in [3.63, 3.8) is 0 Å². The third-order valence-electron chi connectivity index (χ3n) is 3.14. The van der Waals surface area contributed by atoms with E-state index in [1.54, 1.807) is 0 Å². The van der Waals surface area contributed by atoms with Gasteiger partial charge in [0.15, 0.2) is 0 Å². The zero-order valence-electron chi connectivity index (χ0n) is 10.5. The highest BCUT2D eigenvalue weighted by atomic mass is 16.5. The summed E-state index contributed by atoms with van der Waals surface area (Å²) in [6.07, 6.45) is 3.12. The third-order valence-corrected chi connectivity index (χ3v) is 3.14. The average molecular weight is 253 g/mol. The summed E-state index contributed by atoms with van der Waals surface area (Å²) < 4.78 is 5.30. The number of nitrogens with one attached hydrogen (secondary N) is 3. The highest BCUT2D eigenvalue weighted by Gasteiger charge is 2.32. The fourth-order valence-electron chi connectivity index (χ4n) is 2.05. The summed E-state index contributed by atoms with van der Waals surface area (Å²) in [7, 11) is 1.85. The second-order valence-corrected chi connectivity index (χ2v) is 4.37. The summed E-state index contributed by atoms with van der Waals surface area (Å²) >= 11 is 0. The van der Waals surface area contributed by atoms with Crippen molar-refractivity contribution >= 4 is 5.91 Å². The van der Waals surface area contributed by atoms with Crippen molar-refractivity contribution in [2.24, 2.45) is 5.92 Å². The van der Waals surface area contributed by atoms with Crippen molar-refractivity contribution in [2.45, 2.75) is 18.9 Å². The van der Waals surface area contributed by atoms with E-state index in [1.807, 2.05) is 7.05 Å². The molecule has 0 bridgehead atoms. The van der Waals surface area contributed by atoms with E-state index in [2.05, 4.69) is 25.8 Å². The largest absolute Gasteiger partial charge is 0.379 e. The molecule has 7 nitrogen and oxygen atoms in total. The first-order chi connectivity index (χ1) is 8.81. The number of ether oxygens (including phenoxy) is 1. The molecule has 7 heteroatoms. The van der Waals surface area contributed by atoms with Gasteiger partial charge in [-0.2, -0.15) is 5.10 Å². The molecule has 0 saturated carbocycles. The summed E-state index contributed by atoms with van der Waals surface area (Å²) in [5.74, 6) is 0.825. The number of carbonyl (C=O) groups excluding carboxylic acids is 1. The number of aryl methyl sites for hydroxylation is 1. The molecule has 1 aliphatic rings. The third kappa shape index (κ3) is 3.27. The summed E-state index contributed by atoms with van der Waals surface area (Å²) in [5, 5.41) is 12.6. The molecule has 1 amide bonds. The standard InChI is InChI=1S/C11H19N5O2/c1-12-9-6-18-5-8(9)11(17)13-4-2-3-10-14-7-15-16-10/h7-9,12H,2-6H2,1H3,(H,13,17)(H,14,15,16). The minimum Gasteiger partial charge on any atom is -0.379 e. The lowest BCUT2D eigenvalue weighted by molar-refractivity contribution is -0.125. The second-order valence-electron chi connectivity index (χ2n) is 4.37. The van der Waals surface area contributed by atoms with Crippen LogP contribution in [0, 0.1) is 5.92 Å². The van der Waals surface area contributed by atoms with Crippen molar-refractivity contribution in [1.29, 1.82) is 0 Å². The van der Waals surface area contributed by atoms with Gasteiger partial charge in [0.25, 0.3) is 0 Å². The predicted octanol–water partition coefficient (Wildman–Crippen LogP) is -0.912. The van der Waals surface area contributed by atoms with E-state index < -0.39 is 0 Å². The van der Waals surface area contributed by atoms with Gasteiger partial charge in [-0.3, -0.25) is 9.89 Å². The number of nitrogens with zero attached hydrogens (tertiary/aromatic N) is 2. The number of rotatable bonds is 6. The van der Waals surface area contributed by atoms with Gasteiger partial charge in [0.05, 0.1) is 19.1 Å². The van der Waals surface area contributed by atoms with Gasteiger partial charge in [0.1, 0.15) is 12.2 Å². The molecule has 2 atom stereocenters. The zero-order chi connectivity index (χ0) is 12.8. The fourth-order valence-corrected chi connectivity index (χ4v) is 2.05. The highest BCUT2D eigenvalue weighted by Crippen LogP contribution is 2.13. The van der Waals surface area contributed by atoms with Gasteiger partial charge in [-0.05, 0) is 13.5 Å². The molecule has 1 aromatic rings. The summed E-state index contributed by atoms with van der Waals surface area (Å²) in [4.78, 5) is 15.9. The Morgan fingerprint density at radius 3 is 3.22 bits per heavy atom. The van der Waals surface area contributed by atoms with Crippen LogP contribution < -0.4 is 10.6 Å². The van der Waals surface area contributed by atoms with Crippen molar-refractivity contribution in [2.75, 3.05) is 26.8 Å². The Morgan fingerprint density at radius 2 is 2.50 bits per heavy atom. The van der Waals surface area contributed by atoms with Gasteiger partial charge in [-0.15, -0.1) is 0 Å². The SMILES string of the molecule is CNC1COCC1C(=O)NCCCc1ncn[nH]1. The first kappa shape index (κ1) is 13.0. The average Bonchev–Trinajstić information content (AvgIpc) is 3.04. The quantitative estimate of drug-likeness (QED) is 0.571. The van der Waals surface area contributed by atoms with E-state index in [4.69, 9.17) is 4.74 Å². The minimum atomic E-state index is -0.0831. The minimum absolute atomic E-state index is 0.0596. The molecule has 18 heavy (non-hydrogen) atoms. The molecule has 1 saturated heterocycles. The molecule has 0 radical (unpaired) electrons. The predicted molar refractivity (Wildman–Crippen MR) is 64.9 cm³/mol. The van der Waals surface area contributed by atoms with Crippen LogP contribution >= 0.6 is 0 Å². The van der Waals surface area contributed by atoms with E-state index in [-0.39, 0.29) is 17.9 Å². The maximum atomic E-state index is 11.9. The van der Waals surface area contributed by atoms with Gasteiger partial charge in [0.2, 0.25) is 5.91 Å². The van der Waals surface area contributed by atoms with Crippen LogP contribution in [0.3, 0.4) is 0 Å². The second kappa shape index (κ2) is 6.46. The Bertz CT molecular complexity index is 368. The van der Waals surface area contributed by atoms with E-state index in [1.165, 1.54) is 6.33 Å². The van der Waals surface area contributed by atoms with Crippen molar-refractivity contribution in [3.8, 4) is 0 Å². The number of carbonyl (C=O) groups is 1. The van der Waals surface area contributed by atoms with Gasteiger partial charge in [-0.25, -0.2) is 4.98 Å². The van der Waals surface area contributed by atoms with Crippen LogP contribution in [0.25, 0.3) is 0 Å². The van der Waals surface area contributed by atoms with Gasteiger partial charge in [-0.1, -0.05) is 0 Å². The van der Waals surface area contributed by atoms with Crippen LogP contribution in [0.5, 0.6) is 0 Å². The number of amides is 1. The first-order valence-corrected chi connectivity index (χ1v) is 6.18. The van der Waals surface area contributed by atoms with E-state index >= 15 is 0 Å². The van der Waals surface area contributed by atoms with Gasteiger partial charge < -0.3 is 15.4 Å². The summed E-state index contributed by atoms with van der Waals surface area (Å²) in [5.41, 5.74) is 0. The molecular formula is C11H19N5O2. The van der Waals surface area contributed by atoms with Crippen molar-refractivity contribution in [1.82, 2.24) is 25.8 Å². The first-order valence-electron chi connectivity index (χ1n) is 6.18. The summed E-state index contributed by atoms with van der Waals surface area (Å²) in [6, 6.07) is 0.124.